The van der Waals surface area contributed by atoms with E-state index in [1.807, 2.05) is 44.2 Å². The number of hydrogen-bond donors (Lipinski definition) is 1. The molecule has 0 bridgehead atoms. The van der Waals surface area contributed by atoms with Gasteiger partial charge in [0.15, 0.2) is 0 Å². The number of hydrogen-bond acceptors (Lipinski definition) is 5. The second-order valence-electron chi connectivity index (χ2n) is 6.91. The predicted octanol–water partition coefficient (Wildman–Crippen LogP) is 3.93. The van der Waals surface area contributed by atoms with E-state index in [9.17, 15) is 14.7 Å². The second kappa shape index (κ2) is 10.1. The number of Topliss-reactive ketones (excluding diaryl/α,β-unsaturated/α-hetero) is 1. The Morgan fingerprint density at radius 3 is 2.33 bits per heavy atom. The lowest BCUT2D eigenvalue weighted by atomic mass is 9.95. The highest BCUT2D eigenvalue weighted by Crippen LogP contribution is 2.39. The van der Waals surface area contributed by atoms with E-state index in [0.717, 1.165) is 5.56 Å². The Morgan fingerprint density at radius 1 is 1.00 bits per heavy atom. The van der Waals surface area contributed by atoms with Gasteiger partial charge < -0.3 is 19.5 Å². The molecule has 2 aromatic carbocycles. The number of aliphatic hydroxyl groups excluding tert-OH is 1. The van der Waals surface area contributed by atoms with Crippen molar-refractivity contribution in [1.82, 2.24) is 4.90 Å². The minimum atomic E-state index is -0.674. The molecule has 6 heteroatoms. The fourth-order valence-corrected chi connectivity index (χ4v) is 3.60. The monoisotopic (exact) mass is 409 g/mol. The van der Waals surface area contributed by atoms with Gasteiger partial charge in [-0.2, -0.15) is 0 Å². The Labute approximate surface area is 176 Å². The summed E-state index contributed by atoms with van der Waals surface area (Å²) in [5.74, 6) is -0.743. The first-order valence-corrected chi connectivity index (χ1v) is 10.2. The van der Waals surface area contributed by atoms with Gasteiger partial charge in [-0.25, -0.2) is 0 Å². The summed E-state index contributed by atoms with van der Waals surface area (Å²) in [7, 11) is 0. The fourth-order valence-electron chi connectivity index (χ4n) is 3.60. The smallest absolute Gasteiger partial charge is 0.295 e. The van der Waals surface area contributed by atoms with Gasteiger partial charge in [0.1, 0.15) is 11.5 Å². The molecule has 1 heterocycles. The van der Waals surface area contributed by atoms with Crippen LogP contribution >= 0.6 is 0 Å². The standard InChI is InChI=1S/C24H27NO5/c1-3-29-16-8-15-25-21(17-11-13-19(14-12-17)30-4-2)20(23(27)24(25)28)22(26)18-9-6-5-7-10-18/h5-7,9-14,21,26H,3-4,8,15-16H2,1-2H3/b22-20+. The van der Waals surface area contributed by atoms with Crippen molar-refractivity contribution in [3.05, 3.63) is 71.3 Å². The van der Waals surface area contributed by atoms with Gasteiger partial charge in [-0.1, -0.05) is 42.5 Å². The molecule has 0 saturated carbocycles. The minimum Gasteiger partial charge on any atom is -0.507 e. The summed E-state index contributed by atoms with van der Waals surface area (Å²) >= 11 is 0. The maximum atomic E-state index is 12.9. The van der Waals surface area contributed by atoms with Gasteiger partial charge in [0, 0.05) is 25.3 Å². The summed E-state index contributed by atoms with van der Waals surface area (Å²) < 4.78 is 10.9. The van der Waals surface area contributed by atoms with Crippen LogP contribution in [0.15, 0.2) is 60.2 Å². The van der Waals surface area contributed by atoms with Gasteiger partial charge in [0.2, 0.25) is 0 Å². The average molecular weight is 409 g/mol. The van der Waals surface area contributed by atoms with Crippen LogP contribution in [0.5, 0.6) is 5.75 Å². The third-order valence-corrected chi connectivity index (χ3v) is 4.99. The Kier molecular flexibility index (Phi) is 7.25. The lowest BCUT2D eigenvalue weighted by Crippen LogP contribution is -2.31. The summed E-state index contributed by atoms with van der Waals surface area (Å²) in [6.45, 7) is 5.80. The van der Waals surface area contributed by atoms with Crippen LogP contribution in [0.1, 0.15) is 37.4 Å². The molecule has 2 aromatic rings. The first-order valence-electron chi connectivity index (χ1n) is 10.2. The van der Waals surface area contributed by atoms with E-state index in [1.165, 1.54) is 4.90 Å². The molecule has 1 N–H and O–H groups in total. The van der Waals surface area contributed by atoms with E-state index in [0.29, 0.717) is 44.1 Å². The number of ketones is 1. The van der Waals surface area contributed by atoms with E-state index in [-0.39, 0.29) is 11.3 Å². The molecule has 0 aromatic heterocycles. The predicted molar refractivity (Wildman–Crippen MR) is 114 cm³/mol. The Hall–Kier alpha value is -3.12. The van der Waals surface area contributed by atoms with E-state index in [1.54, 1.807) is 24.3 Å². The van der Waals surface area contributed by atoms with E-state index < -0.39 is 17.7 Å². The van der Waals surface area contributed by atoms with Crippen molar-refractivity contribution in [3.8, 4) is 5.75 Å². The van der Waals surface area contributed by atoms with Crippen molar-refractivity contribution >= 4 is 17.4 Å². The van der Waals surface area contributed by atoms with Crippen molar-refractivity contribution in [3.63, 3.8) is 0 Å². The van der Waals surface area contributed by atoms with Crippen LogP contribution in [0, 0.1) is 0 Å². The third kappa shape index (κ3) is 4.54. The Balaban J connectivity index is 2.02. The molecule has 6 nitrogen and oxygen atoms in total. The topological polar surface area (TPSA) is 76.1 Å². The molecule has 1 aliphatic heterocycles. The lowest BCUT2D eigenvalue weighted by molar-refractivity contribution is -0.140. The van der Waals surface area contributed by atoms with Crippen LogP contribution in [-0.4, -0.2) is 48.1 Å². The molecule has 0 aliphatic carbocycles. The molecular formula is C24H27NO5. The van der Waals surface area contributed by atoms with Gasteiger partial charge in [-0.3, -0.25) is 9.59 Å². The molecule has 0 spiro atoms. The van der Waals surface area contributed by atoms with Crippen molar-refractivity contribution in [1.29, 1.82) is 0 Å². The molecule has 1 amide bonds. The van der Waals surface area contributed by atoms with E-state index in [4.69, 9.17) is 9.47 Å². The molecule has 1 atom stereocenters. The third-order valence-electron chi connectivity index (χ3n) is 4.99. The number of aliphatic hydroxyl groups is 1. The van der Waals surface area contributed by atoms with Crippen LogP contribution in [0.2, 0.25) is 0 Å². The Morgan fingerprint density at radius 2 is 1.70 bits per heavy atom. The van der Waals surface area contributed by atoms with Crippen LogP contribution in [-0.2, 0) is 14.3 Å². The van der Waals surface area contributed by atoms with Crippen LogP contribution in [0.3, 0.4) is 0 Å². The van der Waals surface area contributed by atoms with E-state index in [2.05, 4.69) is 0 Å². The maximum absolute atomic E-state index is 12.9. The van der Waals surface area contributed by atoms with Crippen LogP contribution < -0.4 is 4.74 Å². The number of carbonyl (C=O) groups is 2. The number of nitrogens with zero attached hydrogens (tertiary/aromatic N) is 1. The molecule has 3 rings (SSSR count). The molecular weight excluding hydrogens is 382 g/mol. The number of benzene rings is 2. The van der Waals surface area contributed by atoms with Crippen LogP contribution in [0.4, 0.5) is 0 Å². The molecule has 1 aliphatic rings. The SMILES string of the molecule is CCOCCCN1C(=O)C(=O)/C(=C(/O)c2ccccc2)C1c1ccc(OCC)cc1. The highest BCUT2D eigenvalue weighted by Gasteiger charge is 2.45. The summed E-state index contributed by atoms with van der Waals surface area (Å²) in [6, 6.07) is 15.4. The largest absolute Gasteiger partial charge is 0.507 e. The van der Waals surface area contributed by atoms with Gasteiger partial charge in [-0.15, -0.1) is 0 Å². The highest BCUT2D eigenvalue weighted by atomic mass is 16.5. The number of likely N-dealkylation sites (tertiary alicyclic amines) is 1. The van der Waals surface area contributed by atoms with Crippen molar-refractivity contribution in [2.45, 2.75) is 26.3 Å². The molecule has 1 saturated heterocycles. The van der Waals surface area contributed by atoms with Gasteiger partial charge in [0.25, 0.3) is 11.7 Å². The quantitative estimate of drug-likeness (QED) is 0.294. The number of carbonyl (C=O) groups excluding carboxylic acids is 2. The van der Waals surface area contributed by atoms with Crippen molar-refractivity contribution in [2.75, 3.05) is 26.4 Å². The number of ether oxygens (including phenoxy) is 2. The lowest BCUT2D eigenvalue weighted by Gasteiger charge is -2.25. The first-order chi connectivity index (χ1) is 14.6. The Bertz CT molecular complexity index is 905. The van der Waals surface area contributed by atoms with Crippen molar-refractivity contribution < 1.29 is 24.2 Å². The summed E-state index contributed by atoms with van der Waals surface area (Å²) in [5, 5.41) is 10.9. The first kappa shape index (κ1) is 21.6. The molecule has 1 fully saturated rings. The zero-order valence-electron chi connectivity index (χ0n) is 17.3. The molecule has 1 unspecified atom stereocenters. The van der Waals surface area contributed by atoms with E-state index >= 15 is 0 Å². The molecule has 30 heavy (non-hydrogen) atoms. The highest BCUT2D eigenvalue weighted by molar-refractivity contribution is 6.46. The molecule has 0 radical (unpaired) electrons. The van der Waals surface area contributed by atoms with Crippen molar-refractivity contribution in [2.24, 2.45) is 0 Å². The van der Waals surface area contributed by atoms with Crippen LogP contribution in [0.25, 0.3) is 5.76 Å². The minimum absolute atomic E-state index is 0.103. The van der Waals surface area contributed by atoms with Gasteiger partial charge >= 0.3 is 0 Å². The summed E-state index contributed by atoms with van der Waals surface area (Å²) in [5.41, 5.74) is 1.35. The maximum Gasteiger partial charge on any atom is 0.295 e. The zero-order chi connectivity index (χ0) is 21.5. The summed E-state index contributed by atoms with van der Waals surface area (Å²) in [4.78, 5) is 27.3. The van der Waals surface area contributed by atoms with Gasteiger partial charge in [0.05, 0.1) is 18.2 Å². The number of rotatable bonds is 9. The normalized spacial score (nSPS) is 18.1. The second-order valence-corrected chi connectivity index (χ2v) is 6.91. The van der Waals surface area contributed by atoms with Gasteiger partial charge in [-0.05, 0) is 38.0 Å². The zero-order valence-corrected chi connectivity index (χ0v) is 17.3. The average Bonchev–Trinajstić information content (AvgIpc) is 3.02. The molecule has 158 valence electrons. The number of amides is 1. The summed E-state index contributed by atoms with van der Waals surface area (Å²) in [6.07, 6.45) is 0.597. The fraction of sp³-hybridized carbons (Fsp3) is 0.333.